The summed E-state index contributed by atoms with van der Waals surface area (Å²) >= 11 is 5.88. The van der Waals surface area contributed by atoms with Crippen LogP contribution < -0.4 is 5.32 Å². The second-order valence-corrected chi connectivity index (χ2v) is 6.87. The molecule has 0 radical (unpaired) electrons. The second kappa shape index (κ2) is 6.42. The van der Waals surface area contributed by atoms with Crippen LogP contribution in [-0.2, 0) is 4.74 Å². The SMILES string of the molecule is CC(C)(C)NCC1CCCOC1c1cccc(Cl)c1F. The average Bonchev–Trinajstić information content (AvgIpc) is 2.39. The fourth-order valence-electron chi connectivity index (χ4n) is 2.57. The van der Waals surface area contributed by atoms with E-state index < -0.39 is 0 Å². The summed E-state index contributed by atoms with van der Waals surface area (Å²) < 4.78 is 20.0. The Morgan fingerprint density at radius 1 is 1.40 bits per heavy atom. The minimum atomic E-state index is -0.346. The third kappa shape index (κ3) is 3.94. The van der Waals surface area contributed by atoms with Crippen molar-refractivity contribution in [2.24, 2.45) is 5.92 Å². The lowest BCUT2D eigenvalue weighted by molar-refractivity contribution is -0.0311. The molecule has 1 aromatic carbocycles. The first kappa shape index (κ1) is 15.7. The number of halogens is 2. The van der Waals surface area contributed by atoms with Gasteiger partial charge in [0.1, 0.15) is 5.82 Å². The molecule has 2 atom stereocenters. The average molecular weight is 300 g/mol. The molecular formula is C16H23ClFNO. The highest BCUT2D eigenvalue weighted by Gasteiger charge is 2.30. The molecule has 1 aliphatic heterocycles. The maximum absolute atomic E-state index is 14.2. The molecule has 0 saturated carbocycles. The van der Waals surface area contributed by atoms with Gasteiger partial charge in [0.2, 0.25) is 0 Å². The van der Waals surface area contributed by atoms with Gasteiger partial charge in [0.15, 0.2) is 0 Å². The van der Waals surface area contributed by atoms with Gasteiger partial charge in [0.05, 0.1) is 11.1 Å². The Labute approximate surface area is 125 Å². The number of nitrogens with one attached hydrogen (secondary N) is 1. The summed E-state index contributed by atoms with van der Waals surface area (Å²) in [5.74, 6) is -0.0715. The first-order valence-corrected chi connectivity index (χ1v) is 7.57. The van der Waals surface area contributed by atoms with Crippen LogP contribution in [0, 0.1) is 11.7 Å². The highest BCUT2D eigenvalue weighted by atomic mass is 35.5. The van der Waals surface area contributed by atoms with E-state index in [1.54, 1.807) is 18.2 Å². The van der Waals surface area contributed by atoms with E-state index >= 15 is 0 Å². The third-order valence-corrected chi connectivity index (χ3v) is 3.92. The van der Waals surface area contributed by atoms with E-state index in [1.807, 2.05) is 0 Å². The van der Waals surface area contributed by atoms with Crippen molar-refractivity contribution >= 4 is 11.6 Å². The van der Waals surface area contributed by atoms with E-state index in [-0.39, 0.29) is 28.4 Å². The Morgan fingerprint density at radius 3 is 2.85 bits per heavy atom. The maximum atomic E-state index is 14.2. The van der Waals surface area contributed by atoms with Crippen LogP contribution >= 0.6 is 11.6 Å². The maximum Gasteiger partial charge on any atom is 0.147 e. The van der Waals surface area contributed by atoms with E-state index in [4.69, 9.17) is 16.3 Å². The zero-order valence-corrected chi connectivity index (χ0v) is 13.1. The molecule has 1 saturated heterocycles. The molecule has 1 aliphatic rings. The van der Waals surface area contributed by atoms with E-state index in [0.717, 1.165) is 19.4 Å². The molecule has 2 unspecified atom stereocenters. The zero-order valence-electron chi connectivity index (χ0n) is 12.4. The lowest BCUT2D eigenvalue weighted by atomic mass is 9.88. The van der Waals surface area contributed by atoms with Gasteiger partial charge in [-0.1, -0.05) is 23.7 Å². The van der Waals surface area contributed by atoms with E-state index in [2.05, 4.69) is 26.1 Å². The highest BCUT2D eigenvalue weighted by molar-refractivity contribution is 6.30. The van der Waals surface area contributed by atoms with Gasteiger partial charge in [-0.2, -0.15) is 0 Å². The molecule has 4 heteroatoms. The summed E-state index contributed by atoms with van der Waals surface area (Å²) in [5, 5.41) is 3.66. The lowest BCUT2D eigenvalue weighted by Gasteiger charge is -2.34. The van der Waals surface area contributed by atoms with Crippen molar-refractivity contribution in [1.82, 2.24) is 5.32 Å². The Balaban J connectivity index is 2.16. The van der Waals surface area contributed by atoms with Gasteiger partial charge in [-0.15, -0.1) is 0 Å². The summed E-state index contributed by atoms with van der Waals surface area (Å²) in [4.78, 5) is 0. The number of rotatable bonds is 3. The molecule has 0 aromatic heterocycles. The van der Waals surface area contributed by atoms with Gasteiger partial charge in [0, 0.05) is 30.2 Å². The van der Waals surface area contributed by atoms with Gasteiger partial charge in [-0.3, -0.25) is 0 Å². The summed E-state index contributed by atoms with van der Waals surface area (Å²) in [6.45, 7) is 7.89. The smallest absolute Gasteiger partial charge is 0.147 e. The monoisotopic (exact) mass is 299 g/mol. The first-order valence-electron chi connectivity index (χ1n) is 7.19. The van der Waals surface area contributed by atoms with Crippen molar-refractivity contribution in [3.8, 4) is 0 Å². The molecule has 20 heavy (non-hydrogen) atoms. The van der Waals surface area contributed by atoms with Crippen molar-refractivity contribution in [3.63, 3.8) is 0 Å². The molecule has 1 aromatic rings. The molecule has 2 nitrogen and oxygen atoms in total. The van der Waals surface area contributed by atoms with Crippen molar-refractivity contribution < 1.29 is 9.13 Å². The minimum absolute atomic E-state index is 0.0505. The highest BCUT2D eigenvalue weighted by Crippen LogP contribution is 2.36. The van der Waals surface area contributed by atoms with Crippen molar-refractivity contribution in [2.75, 3.05) is 13.2 Å². The number of ether oxygens (including phenoxy) is 1. The fraction of sp³-hybridized carbons (Fsp3) is 0.625. The summed E-state index contributed by atoms with van der Waals surface area (Å²) in [6, 6.07) is 5.14. The molecular weight excluding hydrogens is 277 g/mol. The summed E-state index contributed by atoms with van der Waals surface area (Å²) in [5.41, 5.74) is 0.632. The van der Waals surface area contributed by atoms with Gasteiger partial charge < -0.3 is 10.1 Å². The quantitative estimate of drug-likeness (QED) is 0.896. The topological polar surface area (TPSA) is 21.3 Å². The van der Waals surface area contributed by atoms with Crippen LogP contribution in [-0.4, -0.2) is 18.7 Å². The second-order valence-electron chi connectivity index (χ2n) is 6.47. The largest absolute Gasteiger partial charge is 0.373 e. The molecule has 0 aliphatic carbocycles. The van der Waals surface area contributed by atoms with Crippen molar-refractivity contribution in [1.29, 1.82) is 0 Å². The van der Waals surface area contributed by atoms with Crippen molar-refractivity contribution in [2.45, 2.75) is 45.3 Å². The molecule has 1 N–H and O–H groups in total. The standard InChI is InChI=1S/C16H23ClFNO/c1-16(2,3)19-10-11-6-5-9-20-15(11)12-7-4-8-13(17)14(12)18/h4,7-8,11,15,19H,5-6,9-10H2,1-3H3. The molecule has 112 valence electrons. The van der Waals surface area contributed by atoms with E-state index in [0.29, 0.717) is 12.2 Å². The van der Waals surface area contributed by atoms with Gasteiger partial charge in [-0.05, 0) is 39.7 Å². The number of benzene rings is 1. The molecule has 1 heterocycles. The van der Waals surface area contributed by atoms with Gasteiger partial charge in [0.25, 0.3) is 0 Å². The van der Waals surface area contributed by atoms with E-state index in [9.17, 15) is 4.39 Å². The lowest BCUT2D eigenvalue weighted by Crippen LogP contribution is -2.41. The fourth-order valence-corrected chi connectivity index (χ4v) is 2.76. The molecule has 2 rings (SSSR count). The normalized spacial score (nSPS) is 23.9. The Bertz CT molecular complexity index is 458. The Hall–Kier alpha value is -0.640. The molecule has 1 fully saturated rings. The summed E-state index contributed by atoms with van der Waals surface area (Å²) in [6.07, 6.45) is 1.85. The molecule has 0 amide bonds. The third-order valence-electron chi connectivity index (χ3n) is 3.63. The number of hydrogen-bond acceptors (Lipinski definition) is 2. The predicted molar refractivity (Wildman–Crippen MR) is 80.6 cm³/mol. The van der Waals surface area contributed by atoms with Crippen LogP contribution in [0.15, 0.2) is 18.2 Å². The van der Waals surface area contributed by atoms with Gasteiger partial charge in [-0.25, -0.2) is 4.39 Å². The first-order chi connectivity index (χ1) is 9.38. The van der Waals surface area contributed by atoms with Crippen LogP contribution in [0.5, 0.6) is 0 Å². The Kier molecular flexibility index (Phi) is 5.05. The van der Waals surface area contributed by atoms with E-state index in [1.165, 1.54) is 0 Å². The van der Waals surface area contributed by atoms with Crippen molar-refractivity contribution in [3.05, 3.63) is 34.6 Å². The minimum Gasteiger partial charge on any atom is -0.373 e. The summed E-state index contributed by atoms with van der Waals surface area (Å²) in [7, 11) is 0. The van der Waals surface area contributed by atoms with Crippen LogP contribution in [0.2, 0.25) is 5.02 Å². The molecule has 0 bridgehead atoms. The predicted octanol–water partition coefficient (Wildman–Crippen LogP) is 4.33. The van der Waals surface area contributed by atoms with Crippen LogP contribution in [0.3, 0.4) is 0 Å². The number of hydrogen-bond donors (Lipinski definition) is 1. The Morgan fingerprint density at radius 2 is 2.15 bits per heavy atom. The molecule has 0 spiro atoms. The van der Waals surface area contributed by atoms with Crippen LogP contribution in [0.25, 0.3) is 0 Å². The van der Waals surface area contributed by atoms with Gasteiger partial charge >= 0.3 is 0 Å². The van der Waals surface area contributed by atoms with Crippen LogP contribution in [0.1, 0.15) is 45.3 Å². The zero-order chi connectivity index (χ0) is 14.8. The van der Waals surface area contributed by atoms with Crippen LogP contribution in [0.4, 0.5) is 4.39 Å².